The van der Waals surface area contributed by atoms with Crippen LogP contribution in [0.2, 0.25) is 0 Å². The molecule has 0 aromatic heterocycles. The summed E-state index contributed by atoms with van der Waals surface area (Å²) in [6, 6.07) is 0. The van der Waals surface area contributed by atoms with Crippen LogP contribution in [0.5, 0.6) is 0 Å². The highest BCUT2D eigenvalue weighted by Crippen LogP contribution is 2.23. The first-order chi connectivity index (χ1) is 7.24. The molecule has 2 aliphatic rings. The van der Waals surface area contributed by atoms with E-state index in [4.69, 9.17) is 9.47 Å². The highest BCUT2D eigenvalue weighted by atomic mass is 16.6. The highest BCUT2D eigenvalue weighted by molar-refractivity contribution is 5.73. The van der Waals surface area contributed by atoms with E-state index in [9.17, 15) is 9.59 Å². The number of rotatable bonds is 2. The van der Waals surface area contributed by atoms with Gasteiger partial charge in [0, 0.05) is 0 Å². The third-order valence-corrected chi connectivity index (χ3v) is 2.39. The van der Waals surface area contributed by atoms with Crippen LogP contribution in [0.1, 0.15) is 32.1 Å². The van der Waals surface area contributed by atoms with E-state index in [1.165, 1.54) is 0 Å². The van der Waals surface area contributed by atoms with Crippen LogP contribution in [-0.2, 0) is 9.47 Å². The molecule has 2 fully saturated rings. The molecule has 0 aromatic rings. The number of nitrogens with one attached hydrogen (secondary N) is 2. The fraction of sp³-hybridized carbons (Fsp3) is 0.778. The predicted molar refractivity (Wildman–Crippen MR) is 49.9 cm³/mol. The lowest BCUT2D eigenvalue weighted by atomic mass is 9.96. The molecular formula is C9H14N2O4. The van der Waals surface area contributed by atoms with Crippen molar-refractivity contribution in [2.45, 2.75) is 44.3 Å². The molecule has 15 heavy (non-hydrogen) atoms. The molecule has 0 atom stereocenters. The SMILES string of the molecule is O=C(NNC(=O)OC1CC1)OC1CCC1. The van der Waals surface area contributed by atoms with E-state index in [1.807, 2.05) is 0 Å². The average Bonchev–Trinajstić information content (AvgIpc) is 2.92. The minimum Gasteiger partial charge on any atom is -0.445 e. The van der Waals surface area contributed by atoms with Gasteiger partial charge in [-0.15, -0.1) is 0 Å². The summed E-state index contributed by atoms with van der Waals surface area (Å²) in [5.74, 6) is 0. The molecule has 2 amide bonds. The number of ether oxygens (including phenoxy) is 2. The van der Waals surface area contributed by atoms with Crippen molar-refractivity contribution in [1.29, 1.82) is 0 Å². The van der Waals surface area contributed by atoms with Crippen LogP contribution in [0.25, 0.3) is 0 Å². The van der Waals surface area contributed by atoms with Crippen LogP contribution in [0.15, 0.2) is 0 Å². The van der Waals surface area contributed by atoms with Crippen molar-refractivity contribution in [2.24, 2.45) is 0 Å². The monoisotopic (exact) mass is 214 g/mol. The summed E-state index contributed by atoms with van der Waals surface area (Å²) in [5.41, 5.74) is 4.25. The molecule has 0 bridgehead atoms. The molecule has 2 rings (SSSR count). The zero-order valence-corrected chi connectivity index (χ0v) is 8.32. The van der Waals surface area contributed by atoms with Crippen molar-refractivity contribution >= 4 is 12.2 Å². The van der Waals surface area contributed by atoms with Crippen LogP contribution in [0.3, 0.4) is 0 Å². The smallest absolute Gasteiger partial charge is 0.426 e. The van der Waals surface area contributed by atoms with Crippen molar-refractivity contribution < 1.29 is 19.1 Å². The van der Waals surface area contributed by atoms with Gasteiger partial charge in [0.1, 0.15) is 12.2 Å². The van der Waals surface area contributed by atoms with E-state index in [1.54, 1.807) is 0 Å². The summed E-state index contributed by atoms with van der Waals surface area (Å²) in [6.45, 7) is 0. The summed E-state index contributed by atoms with van der Waals surface area (Å²) >= 11 is 0. The maximum atomic E-state index is 11.0. The van der Waals surface area contributed by atoms with E-state index < -0.39 is 12.2 Å². The minimum atomic E-state index is -0.636. The van der Waals surface area contributed by atoms with Crippen LogP contribution in [-0.4, -0.2) is 24.4 Å². The Morgan fingerprint density at radius 3 is 1.67 bits per heavy atom. The van der Waals surface area contributed by atoms with Gasteiger partial charge in [0.15, 0.2) is 0 Å². The maximum Gasteiger partial charge on any atom is 0.426 e. The summed E-state index contributed by atoms with van der Waals surface area (Å²) in [4.78, 5) is 22.0. The predicted octanol–water partition coefficient (Wildman–Crippen LogP) is 1.07. The molecule has 0 saturated heterocycles. The zero-order valence-electron chi connectivity index (χ0n) is 8.32. The molecular weight excluding hydrogens is 200 g/mol. The van der Waals surface area contributed by atoms with Gasteiger partial charge in [0.05, 0.1) is 0 Å². The maximum absolute atomic E-state index is 11.0. The molecule has 2 N–H and O–H groups in total. The molecule has 0 heterocycles. The summed E-state index contributed by atoms with van der Waals surface area (Å²) in [7, 11) is 0. The average molecular weight is 214 g/mol. The molecule has 6 heteroatoms. The lowest BCUT2D eigenvalue weighted by Gasteiger charge is -2.24. The molecule has 6 nitrogen and oxygen atoms in total. The molecule has 0 aromatic carbocycles. The Morgan fingerprint density at radius 2 is 1.33 bits per heavy atom. The van der Waals surface area contributed by atoms with Crippen LogP contribution in [0.4, 0.5) is 9.59 Å². The standard InChI is InChI=1S/C9H14N2O4/c12-8(14-6-2-1-3-6)10-11-9(13)15-7-4-5-7/h6-7H,1-5H2,(H,10,12)(H,11,13). The molecule has 2 saturated carbocycles. The highest BCUT2D eigenvalue weighted by Gasteiger charge is 2.26. The van der Waals surface area contributed by atoms with E-state index in [0.717, 1.165) is 32.1 Å². The topological polar surface area (TPSA) is 76.7 Å². The molecule has 0 aliphatic heterocycles. The number of hydrogen-bond acceptors (Lipinski definition) is 4. The van der Waals surface area contributed by atoms with E-state index >= 15 is 0 Å². The van der Waals surface area contributed by atoms with Gasteiger partial charge >= 0.3 is 12.2 Å². The number of carbonyl (C=O) groups is 2. The normalized spacial score (nSPS) is 20.0. The van der Waals surface area contributed by atoms with Crippen molar-refractivity contribution in [3.8, 4) is 0 Å². The van der Waals surface area contributed by atoms with E-state index in [-0.39, 0.29) is 12.2 Å². The van der Waals surface area contributed by atoms with Crippen molar-refractivity contribution in [3.63, 3.8) is 0 Å². The fourth-order valence-electron chi connectivity index (χ4n) is 1.14. The second kappa shape index (κ2) is 4.37. The van der Waals surface area contributed by atoms with Gasteiger partial charge < -0.3 is 9.47 Å². The first kappa shape index (κ1) is 10.1. The number of carbonyl (C=O) groups excluding carboxylic acids is 2. The summed E-state index contributed by atoms with van der Waals surface area (Å²) < 4.78 is 9.77. The third-order valence-electron chi connectivity index (χ3n) is 2.39. The van der Waals surface area contributed by atoms with Gasteiger partial charge in [-0.1, -0.05) is 0 Å². The van der Waals surface area contributed by atoms with Crippen molar-refractivity contribution in [3.05, 3.63) is 0 Å². The summed E-state index contributed by atoms with van der Waals surface area (Å²) in [6.07, 6.45) is 3.46. The van der Waals surface area contributed by atoms with Gasteiger partial charge in [-0.2, -0.15) is 0 Å². The van der Waals surface area contributed by atoms with Crippen molar-refractivity contribution in [1.82, 2.24) is 10.9 Å². The quantitative estimate of drug-likeness (QED) is 0.674. The van der Waals surface area contributed by atoms with Gasteiger partial charge in [-0.05, 0) is 32.1 Å². The number of hydrazine groups is 1. The molecule has 84 valence electrons. The Hall–Kier alpha value is -1.46. The van der Waals surface area contributed by atoms with Gasteiger partial charge in [0.25, 0.3) is 0 Å². The largest absolute Gasteiger partial charge is 0.445 e. The Balaban J connectivity index is 1.54. The number of amides is 2. The lowest BCUT2D eigenvalue weighted by Crippen LogP contribution is -2.44. The fourth-order valence-corrected chi connectivity index (χ4v) is 1.14. The van der Waals surface area contributed by atoms with Gasteiger partial charge in [0.2, 0.25) is 0 Å². The van der Waals surface area contributed by atoms with Gasteiger partial charge in [-0.25, -0.2) is 20.4 Å². The van der Waals surface area contributed by atoms with E-state index in [2.05, 4.69) is 10.9 Å². The Morgan fingerprint density at radius 1 is 0.867 bits per heavy atom. The van der Waals surface area contributed by atoms with Gasteiger partial charge in [-0.3, -0.25) is 0 Å². The molecule has 2 aliphatic carbocycles. The second-order valence-corrected chi connectivity index (χ2v) is 3.81. The molecule has 0 spiro atoms. The third kappa shape index (κ3) is 3.30. The summed E-state index contributed by atoms with van der Waals surface area (Å²) in [5, 5.41) is 0. The first-order valence-electron chi connectivity index (χ1n) is 5.17. The molecule has 0 radical (unpaired) electrons. The van der Waals surface area contributed by atoms with Crippen LogP contribution < -0.4 is 10.9 Å². The Kier molecular flexibility index (Phi) is 2.94. The zero-order chi connectivity index (χ0) is 10.7. The first-order valence-corrected chi connectivity index (χ1v) is 5.17. The molecule has 0 unspecified atom stereocenters. The number of hydrogen-bond donors (Lipinski definition) is 2. The second-order valence-electron chi connectivity index (χ2n) is 3.81. The van der Waals surface area contributed by atoms with Crippen molar-refractivity contribution in [2.75, 3.05) is 0 Å². The Bertz CT molecular complexity index is 261. The Labute approximate surface area is 87.3 Å². The minimum absolute atomic E-state index is 0.00579. The van der Waals surface area contributed by atoms with E-state index in [0.29, 0.717) is 0 Å². The lowest BCUT2D eigenvalue weighted by molar-refractivity contribution is 0.0486. The van der Waals surface area contributed by atoms with Crippen LogP contribution >= 0.6 is 0 Å². The van der Waals surface area contributed by atoms with Crippen LogP contribution in [0, 0.1) is 0 Å².